The summed E-state index contributed by atoms with van der Waals surface area (Å²) < 4.78 is 0. The summed E-state index contributed by atoms with van der Waals surface area (Å²) in [7, 11) is 0. The van der Waals surface area contributed by atoms with Crippen molar-refractivity contribution >= 4 is 5.78 Å². The van der Waals surface area contributed by atoms with Crippen molar-refractivity contribution in [1.82, 2.24) is 5.32 Å². The fraction of sp³-hybridized carbons (Fsp3) is 0.923. The molecule has 1 rings (SSSR count). The summed E-state index contributed by atoms with van der Waals surface area (Å²) in [6.07, 6.45) is 8.22. The SMILES string of the molecule is CCC(CC)CC(=O)CNC1CCCC1. The minimum Gasteiger partial charge on any atom is -0.307 e. The topological polar surface area (TPSA) is 29.1 Å². The largest absolute Gasteiger partial charge is 0.307 e. The van der Waals surface area contributed by atoms with Gasteiger partial charge in [-0.05, 0) is 18.8 Å². The number of Topliss-reactive ketones (excluding diaryl/α,β-unsaturated/α-hetero) is 1. The normalized spacial score (nSPS) is 17.5. The first kappa shape index (κ1) is 12.7. The molecule has 0 aromatic heterocycles. The Morgan fingerprint density at radius 3 is 2.40 bits per heavy atom. The van der Waals surface area contributed by atoms with Gasteiger partial charge in [0.05, 0.1) is 6.54 Å². The Bertz CT molecular complexity index is 181. The monoisotopic (exact) mass is 211 g/mol. The van der Waals surface area contributed by atoms with Crippen LogP contribution in [0.25, 0.3) is 0 Å². The molecule has 0 spiro atoms. The van der Waals surface area contributed by atoms with Gasteiger partial charge in [0.1, 0.15) is 5.78 Å². The Kier molecular flexibility index (Phi) is 5.92. The van der Waals surface area contributed by atoms with Gasteiger partial charge in [0.25, 0.3) is 0 Å². The average molecular weight is 211 g/mol. The second-order valence-corrected chi connectivity index (χ2v) is 4.79. The van der Waals surface area contributed by atoms with E-state index in [4.69, 9.17) is 0 Å². The molecule has 2 heteroatoms. The van der Waals surface area contributed by atoms with E-state index in [-0.39, 0.29) is 0 Å². The Morgan fingerprint density at radius 2 is 1.87 bits per heavy atom. The number of nitrogens with one attached hydrogen (secondary N) is 1. The van der Waals surface area contributed by atoms with Crippen molar-refractivity contribution in [3.8, 4) is 0 Å². The molecule has 0 amide bonds. The zero-order valence-corrected chi connectivity index (χ0v) is 10.2. The van der Waals surface area contributed by atoms with E-state index in [0.717, 1.165) is 19.3 Å². The van der Waals surface area contributed by atoms with Gasteiger partial charge in [0.15, 0.2) is 0 Å². The number of hydrogen-bond donors (Lipinski definition) is 1. The first-order valence-electron chi connectivity index (χ1n) is 6.51. The lowest BCUT2D eigenvalue weighted by Gasteiger charge is -2.14. The molecule has 0 aromatic rings. The number of hydrogen-bond acceptors (Lipinski definition) is 2. The van der Waals surface area contributed by atoms with Gasteiger partial charge in [0, 0.05) is 12.5 Å². The molecule has 0 aliphatic heterocycles. The van der Waals surface area contributed by atoms with E-state index in [2.05, 4.69) is 19.2 Å². The fourth-order valence-corrected chi connectivity index (χ4v) is 2.36. The molecule has 1 saturated carbocycles. The van der Waals surface area contributed by atoms with Crippen LogP contribution in [0.4, 0.5) is 0 Å². The first-order chi connectivity index (χ1) is 7.26. The standard InChI is InChI=1S/C13H25NO/c1-3-11(4-2)9-13(15)10-14-12-7-5-6-8-12/h11-12,14H,3-10H2,1-2H3. The lowest BCUT2D eigenvalue weighted by molar-refractivity contribution is -0.119. The molecule has 1 aliphatic rings. The average Bonchev–Trinajstić information content (AvgIpc) is 2.75. The van der Waals surface area contributed by atoms with Gasteiger partial charge in [-0.25, -0.2) is 0 Å². The third kappa shape index (κ3) is 4.78. The molecule has 0 saturated heterocycles. The van der Waals surface area contributed by atoms with Gasteiger partial charge in [-0.15, -0.1) is 0 Å². The molecule has 0 radical (unpaired) electrons. The second-order valence-electron chi connectivity index (χ2n) is 4.79. The maximum atomic E-state index is 11.7. The predicted molar refractivity (Wildman–Crippen MR) is 64.0 cm³/mol. The smallest absolute Gasteiger partial charge is 0.146 e. The van der Waals surface area contributed by atoms with Crippen LogP contribution in [0.15, 0.2) is 0 Å². The van der Waals surface area contributed by atoms with Crippen LogP contribution in [-0.2, 0) is 4.79 Å². The van der Waals surface area contributed by atoms with Crippen molar-refractivity contribution in [3.63, 3.8) is 0 Å². The molecule has 0 heterocycles. The summed E-state index contributed by atoms with van der Waals surface area (Å²) >= 11 is 0. The molecule has 15 heavy (non-hydrogen) atoms. The molecular formula is C13H25NO. The second kappa shape index (κ2) is 7.00. The summed E-state index contributed by atoms with van der Waals surface area (Å²) in [6, 6.07) is 0.621. The molecule has 2 nitrogen and oxygen atoms in total. The molecule has 1 N–H and O–H groups in total. The zero-order valence-electron chi connectivity index (χ0n) is 10.2. The van der Waals surface area contributed by atoms with Crippen molar-refractivity contribution in [2.24, 2.45) is 5.92 Å². The number of carbonyl (C=O) groups is 1. The van der Waals surface area contributed by atoms with Crippen molar-refractivity contribution in [3.05, 3.63) is 0 Å². The Hall–Kier alpha value is -0.370. The minimum atomic E-state index is 0.399. The van der Waals surface area contributed by atoms with Crippen molar-refractivity contribution in [2.75, 3.05) is 6.54 Å². The molecule has 88 valence electrons. The molecule has 1 aliphatic carbocycles. The van der Waals surface area contributed by atoms with Gasteiger partial charge in [-0.2, -0.15) is 0 Å². The number of carbonyl (C=O) groups excluding carboxylic acids is 1. The Morgan fingerprint density at radius 1 is 1.27 bits per heavy atom. The van der Waals surface area contributed by atoms with Crippen LogP contribution < -0.4 is 5.32 Å². The summed E-state index contributed by atoms with van der Waals surface area (Å²) in [5.41, 5.74) is 0. The summed E-state index contributed by atoms with van der Waals surface area (Å²) in [4.78, 5) is 11.7. The third-order valence-corrected chi connectivity index (χ3v) is 3.61. The third-order valence-electron chi connectivity index (χ3n) is 3.61. The molecule has 0 bridgehead atoms. The van der Waals surface area contributed by atoms with E-state index in [1.165, 1.54) is 25.7 Å². The number of rotatable bonds is 7. The molecule has 0 aromatic carbocycles. The summed E-state index contributed by atoms with van der Waals surface area (Å²) in [5.74, 6) is 0.999. The minimum absolute atomic E-state index is 0.399. The highest BCUT2D eigenvalue weighted by molar-refractivity contribution is 5.80. The van der Waals surface area contributed by atoms with E-state index in [9.17, 15) is 4.79 Å². The van der Waals surface area contributed by atoms with Crippen LogP contribution in [0.2, 0.25) is 0 Å². The number of ketones is 1. The fourth-order valence-electron chi connectivity index (χ4n) is 2.36. The lowest BCUT2D eigenvalue weighted by atomic mass is 9.97. The molecular weight excluding hydrogens is 186 g/mol. The Labute approximate surface area is 93.8 Å². The van der Waals surface area contributed by atoms with E-state index >= 15 is 0 Å². The van der Waals surface area contributed by atoms with Crippen LogP contribution in [-0.4, -0.2) is 18.4 Å². The molecule has 1 fully saturated rings. The van der Waals surface area contributed by atoms with E-state index in [1.807, 2.05) is 0 Å². The van der Waals surface area contributed by atoms with Gasteiger partial charge in [0.2, 0.25) is 0 Å². The van der Waals surface area contributed by atoms with Crippen molar-refractivity contribution < 1.29 is 4.79 Å². The van der Waals surface area contributed by atoms with Crippen LogP contribution in [0.3, 0.4) is 0 Å². The van der Waals surface area contributed by atoms with Crippen LogP contribution in [0.5, 0.6) is 0 Å². The lowest BCUT2D eigenvalue weighted by Crippen LogP contribution is -2.32. The van der Waals surface area contributed by atoms with E-state index in [0.29, 0.717) is 24.3 Å². The zero-order chi connectivity index (χ0) is 11.1. The summed E-state index contributed by atoms with van der Waals surface area (Å²) in [5, 5.41) is 3.39. The van der Waals surface area contributed by atoms with Crippen LogP contribution in [0.1, 0.15) is 58.8 Å². The Balaban J connectivity index is 2.11. The van der Waals surface area contributed by atoms with Gasteiger partial charge < -0.3 is 5.32 Å². The van der Waals surface area contributed by atoms with E-state index in [1.54, 1.807) is 0 Å². The quantitative estimate of drug-likeness (QED) is 0.701. The first-order valence-corrected chi connectivity index (χ1v) is 6.51. The van der Waals surface area contributed by atoms with Crippen LogP contribution >= 0.6 is 0 Å². The summed E-state index contributed by atoms with van der Waals surface area (Å²) in [6.45, 7) is 4.94. The van der Waals surface area contributed by atoms with E-state index < -0.39 is 0 Å². The molecule has 0 atom stereocenters. The molecule has 0 unspecified atom stereocenters. The highest BCUT2D eigenvalue weighted by Crippen LogP contribution is 2.17. The van der Waals surface area contributed by atoms with Crippen LogP contribution in [0, 0.1) is 5.92 Å². The maximum absolute atomic E-state index is 11.7. The van der Waals surface area contributed by atoms with Gasteiger partial charge in [-0.1, -0.05) is 39.5 Å². The van der Waals surface area contributed by atoms with Crippen molar-refractivity contribution in [1.29, 1.82) is 0 Å². The predicted octanol–water partition coefficient (Wildman–Crippen LogP) is 2.91. The van der Waals surface area contributed by atoms with Crippen molar-refractivity contribution in [2.45, 2.75) is 64.8 Å². The van der Waals surface area contributed by atoms with Gasteiger partial charge in [-0.3, -0.25) is 4.79 Å². The maximum Gasteiger partial charge on any atom is 0.146 e. The highest BCUT2D eigenvalue weighted by atomic mass is 16.1. The van der Waals surface area contributed by atoms with Gasteiger partial charge >= 0.3 is 0 Å². The highest BCUT2D eigenvalue weighted by Gasteiger charge is 2.16.